The summed E-state index contributed by atoms with van der Waals surface area (Å²) in [5.74, 6) is 0.934. The number of methoxy groups -OCH3 is 1. The van der Waals surface area contributed by atoms with Gasteiger partial charge in [-0.05, 0) is 54.9 Å². The van der Waals surface area contributed by atoms with Gasteiger partial charge in [0.25, 0.3) is 0 Å². The Bertz CT molecular complexity index is 495. The molecule has 20 heavy (non-hydrogen) atoms. The topological polar surface area (TPSA) is 21.3 Å². The van der Waals surface area contributed by atoms with Crippen LogP contribution in [0, 0.1) is 0 Å². The molecule has 0 saturated carbocycles. The number of hydrogen-bond donors (Lipinski definition) is 1. The predicted octanol–water partition coefficient (Wildman–Crippen LogP) is 4.43. The summed E-state index contributed by atoms with van der Waals surface area (Å²) in [4.78, 5) is 1.48. The maximum absolute atomic E-state index is 5.32. The molecule has 0 spiro atoms. The van der Waals surface area contributed by atoms with Gasteiger partial charge in [0.15, 0.2) is 0 Å². The first-order valence-electron chi connectivity index (χ1n) is 7.23. The van der Waals surface area contributed by atoms with E-state index in [0.717, 1.165) is 18.7 Å². The second kappa shape index (κ2) is 8.08. The second-order valence-electron chi connectivity index (χ2n) is 4.86. The van der Waals surface area contributed by atoms with Gasteiger partial charge in [0.1, 0.15) is 5.75 Å². The molecule has 0 aliphatic heterocycles. The SMILES string of the molecule is CCNC(CCCc1cccs1)c1cccc(OC)c1. The molecule has 1 atom stereocenters. The fourth-order valence-electron chi connectivity index (χ4n) is 2.43. The lowest BCUT2D eigenvalue weighted by molar-refractivity contribution is 0.412. The fourth-order valence-corrected chi connectivity index (χ4v) is 3.18. The van der Waals surface area contributed by atoms with Crippen LogP contribution in [0.25, 0.3) is 0 Å². The number of rotatable bonds is 8. The van der Waals surface area contributed by atoms with Crippen molar-refractivity contribution in [2.24, 2.45) is 0 Å². The van der Waals surface area contributed by atoms with E-state index >= 15 is 0 Å². The Morgan fingerprint density at radius 2 is 2.15 bits per heavy atom. The average Bonchev–Trinajstić information content (AvgIpc) is 3.00. The Morgan fingerprint density at radius 1 is 1.25 bits per heavy atom. The van der Waals surface area contributed by atoms with Crippen LogP contribution >= 0.6 is 11.3 Å². The molecule has 0 radical (unpaired) electrons. The zero-order valence-corrected chi connectivity index (χ0v) is 13.1. The van der Waals surface area contributed by atoms with Crippen LogP contribution in [0.1, 0.15) is 36.2 Å². The van der Waals surface area contributed by atoms with Crippen LogP contribution < -0.4 is 10.1 Å². The van der Waals surface area contributed by atoms with Crippen LogP contribution in [0.3, 0.4) is 0 Å². The lowest BCUT2D eigenvalue weighted by atomic mass is 10.0. The summed E-state index contributed by atoms with van der Waals surface area (Å²) in [6.07, 6.45) is 3.53. The summed E-state index contributed by atoms with van der Waals surface area (Å²) in [6, 6.07) is 13.1. The molecule has 0 amide bonds. The smallest absolute Gasteiger partial charge is 0.119 e. The third-order valence-electron chi connectivity index (χ3n) is 3.44. The molecule has 1 aromatic heterocycles. The minimum absolute atomic E-state index is 0.412. The normalized spacial score (nSPS) is 12.3. The number of thiophene rings is 1. The van der Waals surface area contributed by atoms with Gasteiger partial charge in [0.2, 0.25) is 0 Å². The summed E-state index contributed by atoms with van der Waals surface area (Å²) in [6.45, 7) is 3.15. The van der Waals surface area contributed by atoms with E-state index in [0.29, 0.717) is 6.04 Å². The summed E-state index contributed by atoms with van der Waals surface area (Å²) >= 11 is 1.85. The predicted molar refractivity (Wildman–Crippen MR) is 86.7 cm³/mol. The minimum Gasteiger partial charge on any atom is -0.497 e. The molecule has 3 heteroatoms. The Labute approximate surface area is 125 Å². The lowest BCUT2D eigenvalue weighted by Crippen LogP contribution is -2.21. The third kappa shape index (κ3) is 4.36. The van der Waals surface area contributed by atoms with Crippen molar-refractivity contribution >= 4 is 11.3 Å². The Balaban J connectivity index is 1.94. The number of benzene rings is 1. The number of aryl methyl sites for hydroxylation is 1. The highest BCUT2D eigenvalue weighted by molar-refractivity contribution is 7.09. The molecule has 0 bridgehead atoms. The molecule has 1 aromatic carbocycles. The van der Waals surface area contributed by atoms with Crippen LogP contribution in [0.2, 0.25) is 0 Å². The Kier molecular flexibility index (Phi) is 6.09. The summed E-state index contributed by atoms with van der Waals surface area (Å²) in [5.41, 5.74) is 1.32. The van der Waals surface area contributed by atoms with Gasteiger partial charge < -0.3 is 10.1 Å². The number of ether oxygens (including phenoxy) is 1. The van der Waals surface area contributed by atoms with Crippen molar-refractivity contribution in [3.05, 3.63) is 52.2 Å². The van der Waals surface area contributed by atoms with Gasteiger partial charge in [-0.25, -0.2) is 0 Å². The molecule has 1 unspecified atom stereocenters. The van der Waals surface area contributed by atoms with E-state index in [1.165, 1.54) is 23.3 Å². The molecule has 2 aromatic rings. The molecule has 2 nitrogen and oxygen atoms in total. The third-order valence-corrected chi connectivity index (χ3v) is 4.38. The quantitative estimate of drug-likeness (QED) is 0.776. The van der Waals surface area contributed by atoms with Crippen molar-refractivity contribution in [3.8, 4) is 5.75 Å². The van der Waals surface area contributed by atoms with Crippen LogP contribution in [0.15, 0.2) is 41.8 Å². The first-order valence-corrected chi connectivity index (χ1v) is 8.11. The summed E-state index contributed by atoms with van der Waals surface area (Å²) < 4.78 is 5.32. The molecule has 0 aliphatic carbocycles. The van der Waals surface area contributed by atoms with Gasteiger partial charge in [0.05, 0.1) is 7.11 Å². The highest BCUT2D eigenvalue weighted by Gasteiger charge is 2.11. The molecule has 0 fully saturated rings. The second-order valence-corrected chi connectivity index (χ2v) is 5.89. The van der Waals surface area contributed by atoms with E-state index in [2.05, 4.69) is 48.0 Å². The van der Waals surface area contributed by atoms with Gasteiger partial charge in [0, 0.05) is 10.9 Å². The van der Waals surface area contributed by atoms with E-state index in [4.69, 9.17) is 4.74 Å². The fraction of sp³-hybridized carbons (Fsp3) is 0.412. The van der Waals surface area contributed by atoms with Crippen LogP contribution in [0.5, 0.6) is 5.75 Å². The van der Waals surface area contributed by atoms with Gasteiger partial charge in [-0.3, -0.25) is 0 Å². The van der Waals surface area contributed by atoms with Crippen molar-refractivity contribution in [2.75, 3.05) is 13.7 Å². The van der Waals surface area contributed by atoms with Crippen LogP contribution in [-0.2, 0) is 6.42 Å². The maximum atomic E-state index is 5.32. The first-order chi connectivity index (χ1) is 9.83. The van der Waals surface area contributed by atoms with E-state index in [1.54, 1.807) is 7.11 Å². The van der Waals surface area contributed by atoms with E-state index < -0.39 is 0 Å². The van der Waals surface area contributed by atoms with Gasteiger partial charge in [-0.15, -0.1) is 11.3 Å². The van der Waals surface area contributed by atoms with Crippen molar-refractivity contribution in [2.45, 2.75) is 32.2 Å². The van der Waals surface area contributed by atoms with Gasteiger partial charge >= 0.3 is 0 Å². The standard InChI is InChI=1S/C17H23NOS/c1-3-18-17(11-5-9-16-10-6-12-20-16)14-7-4-8-15(13-14)19-2/h4,6-8,10,12-13,17-18H,3,5,9,11H2,1-2H3. The molecule has 1 heterocycles. The molecule has 0 aliphatic rings. The van der Waals surface area contributed by atoms with Crippen LogP contribution in [-0.4, -0.2) is 13.7 Å². The van der Waals surface area contributed by atoms with Gasteiger partial charge in [-0.1, -0.05) is 25.1 Å². The zero-order valence-electron chi connectivity index (χ0n) is 12.3. The maximum Gasteiger partial charge on any atom is 0.119 e. The van der Waals surface area contributed by atoms with E-state index in [1.807, 2.05) is 17.4 Å². The molecular formula is C17H23NOS. The zero-order chi connectivity index (χ0) is 14.2. The average molecular weight is 289 g/mol. The largest absolute Gasteiger partial charge is 0.497 e. The molecule has 1 N–H and O–H groups in total. The van der Waals surface area contributed by atoms with Crippen molar-refractivity contribution in [3.63, 3.8) is 0 Å². The monoisotopic (exact) mass is 289 g/mol. The van der Waals surface area contributed by atoms with Crippen molar-refractivity contribution in [1.29, 1.82) is 0 Å². The molecule has 0 saturated heterocycles. The van der Waals surface area contributed by atoms with Crippen LogP contribution in [0.4, 0.5) is 0 Å². The Hall–Kier alpha value is -1.32. The highest BCUT2D eigenvalue weighted by Crippen LogP contribution is 2.24. The first kappa shape index (κ1) is 15.1. The van der Waals surface area contributed by atoms with E-state index in [9.17, 15) is 0 Å². The van der Waals surface area contributed by atoms with Gasteiger partial charge in [-0.2, -0.15) is 0 Å². The Morgan fingerprint density at radius 3 is 2.85 bits per heavy atom. The van der Waals surface area contributed by atoms with E-state index in [-0.39, 0.29) is 0 Å². The molecular weight excluding hydrogens is 266 g/mol. The van der Waals surface area contributed by atoms with Crippen molar-refractivity contribution < 1.29 is 4.74 Å². The lowest BCUT2D eigenvalue weighted by Gasteiger charge is -2.19. The molecule has 108 valence electrons. The molecule has 2 rings (SSSR count). The number of nitrogens with one attached hydrogen (secondary N) is 1. The highest BCUT2D eigenvalue weighted by atomic mass is 32.1. The summed E-state index contributed by atoms with van der Waals surface area (Å²) in [5, 5.41) is 5.73. The number of hydrogen-bond acceptors (Lipinski definition) is 3. The minimum atomic E-state index is 0.412. The summed E-state index contributed by atoms with van der Waals surface area (Å²) in [7, 11) is 1.72. The van der Waals surface area contributed by atoms with Crippen molar-refractivity contribution in [1.82, 2.24) is 5.32 Å².